The molecule has 2 saturated carbocycles. The highest BCUT2D eigenvalue weighted by atomic mass is 16.2. The van der Waals surface area contributed by atoms with E-state index in [1.165, 1.54) is 11.1 Å². The largest absolute Gasteiger partial charge is 0.351 e. The maximum absolute atomic E-state index is 12.8. The molecule has 4 fully saturated rings. The second kappa shape index (κ2) is 5.33. The molecule has 25 heavy (non-hydrogen) atoms. The summed E-state index contributed by atoms with van der Waals surface area (Å²) < 4.78 is 0. The number of nitrogens with one attached hydrogen (secondary N) is 1. The number of aryl methyl sites for hydroxylation is 1. The average molecular weight is 338 g/mol. The third-order valence-corrected chi connectivity index (χ3v) is 7.14. The van der Waals surface area contributed by atoms with Gasteiger partial charge in [0, 0.05) is 31.0 Å². The second-order valence-corrected chi connectivity index (χ2v) is 8.63. The summed E-state index contributed by atoms with van der Waals surface area (Å²) in [5.74, 6) is 2.62. The van der Waals surface area contributed by atoms with Crippen LogP contribution < -0.4 is 5.32 Å². The molecule has 0 aromatic heterocycles. The SMILES string of the molecule is CCc1ccc([C@H]2[C@@H]3CN(C(=O)C4CC5(CCC(=O)N5)C4)C[C@@H]32)cc1. The van der Waals surface area contributed by atoms with Crippen LogP contribution in [0.15, 0.2) is 24.3 Å². The number of benzene rings is 1. The molecular formula is C21H26N2O2. The third kappa shape index (κ3) is 2.41. The number of piperidine rings is 1. The van der Waals surface area contributed by atoms with E-state index < -0.39 is 0 Å². The van der Waals surface area contributed by atoms with Gasteiger partial charge in [0.05, 0.1) is 0 Å². The Bertz CT molecular complexity index is 708. The minimum Gasteiger partial charge on any atom is -0.351 e. The molecule has 1 aromatic carbocycles. The molecule has 1 spiro atoms. The van der Waals surface area contributed by atoms with E-state index in [-0.39, 0.29) is 17.4 Å². The minimum atomic E-state index is -0.0381. The first kappa shape index (κ1) is 15.4. The number of amides is 2. The summed E-state index contributed by atoms with van der Waals surface area (Å²) in [4.78, 5) is 26.3. The van der Waals surface area contributed by atoms with E-state index in [2.05, 4.69) is 41.4 Å². The number of hydrogen-bond acceptors (Lipinski definition) is 2. The zero-order valence-electron chi connectivity index (χ0n) is 14.8. The van der Waals surface area contributed by atoms with Gasteiger partial charge in [-0.05, 0) is 54.6 Å². The maximum atomic E-state index is 12.8. The van der Waals surface area contributed by atoms with Crippen LogP contribution in [0.3, 0.4) is 0 Å². The molecule has 2 aliphatic heterocycles. The summed E-state index contributed by atoms with van der Waals surface area (Å²) >= 11 is 0. The van der Waals surface area contributed by atoms with Gasteiger partial charge in [0.1, 0.15) is 0 Å². The summed E-state index contributed by atoms with van der Waals surface area (Å²) in [5, 5.41) is 3.09. The Morgan fingerprint density at radius 3 is 2.44 bits per heavy atom. The molecule has 4 aliphatic rings. The van der Waals surface area contributed by atoms with Gasteiger partial charge in [-0.2, -0.15) is 0 Å². The van der Waals surface area contributed by atoms with Crippen molar-refractivity contribution in [2.24, 2.45) is 17.8 Å². The number of carbonyl (C=O) groups is 2. The highest BCUT2D eigenvalue weighted by Crippen LogP contribution is 2.58. The summed E-state index contributed by atoms with van der Waals surface area (Å²) in [6, 6.07) is 9.06. The molecule has 2 heterocycles. The van der Waals surface area contributed by atoms with Crippen molar-refractivity contribution in [2.75, 3.05) is 13.1 Å². The van der Waals surface area contributed by atoms with Gasteiger partial charge in [-0.3, -0.25) is 9.59 Å². The van der Waals surface area contributed by atoms with Crippen molar-refractivity contribution in [3.05, 3.63) is 35.4 Å². The predicted molar refractivity (Wildman–Crippen MR) is 95.0 cm³/mol. The number of likely N-dealkylation sites (tertiary alicyclic amines) is 1. The minimum absolute atomic E-state index is 0.0381. The normalized spacial score (nSPS) is 38.4. The van der Waals surface area contributed by atoms with Crippen LogP contribution in [0.4, 0.5) is 0 Å². The molecule has 0 radical (unpaired) electrons. The summed E-state index contributed by atoms with van der Waals surface area (Å²) in [6.45, 7) is 4.05. The fraction of sp³-hybridized carbons (Fsp3) is 0.619. The van der Waals surface area contributed by atoms with Crippen LogP contribution in [0.2, 0.25) is 0 Å². The second-order valence-electron chi connectivity index (χ2n) is 8.63. The van der Waals surface area contributed by atoms with Crippen LogP contribution in [0.5, 0.6) is 0 Å². The average Bonchev–Trinajstić information content (AvgIpc) is 2.94. The smallest absolute Gasteiger partial charge is 0.225 e. The molecule has 3 atom stereocenters. The van der Waals surface area contributed by atoms with Crippen molar-refractivity contribution < 1.29 is 9.59 Å². The van der Waals surface area contributed by atoms with E-state index in [9.17, 15) is 9.59 Å². The van der Waals surface area contributed by atoms with Crippen molar-refractivity contribution in [2.45, 2.75) is 50.5 Å². The molecule has 2 saturated heterocycles. The first-order valence-electron chi connectivity index (χ1n) is 9.77. The Balaban J connectivity index is 1.16. The molecule has 132 valence electrons. The van der Waals surface area contributed by atoms with E-state index in [4.69, 9.17) is 0 Å². The standard InChI is InChI=1S/C21H26N2O2/c1-2-13-3-5-14(6-4-13)19-16-11-23(12-17(16)19)20(25)15-9-21(10-15)8-7-18(24)22-21/h3-6,15-17,19H,2,7-12H2,1H3,(H,22,24)/t15?,16-,17+,19+,21?. The highest BCUT2D eigenvalue weighted by molar-refractivity contribution is 5.84. The van der Waals surface area contributed by atoms with Crippen LogP contribution in [-0.2, 0) is 16.0 Å². The third-order valence-electron chi connectivity index (χ3n) is 7.14. The van der Waals surface area contributed by atoms with E-state index in [1.807, 2.05) is 0 Å². The highest BCUT2D eigenvalue weighted by Gasteiger charge is 2.59. The molecule has 2 aliphatic carbocycles. The number of hydrogen-bond donors (Lipinski definition) is 1. The monoisotopic (exact) mass is 338 g/mol. The van der Waals surface area contributed by atoms with Crippen molar-refractivity contribution in [3.8, 4) is 0 Å². The Morgan fingerprint density at radius 1 is 1.20 bits per heavy atom. The van der Waals surface area contributed by atoms with Crippen LogP contribution in [-0.4, -0.2) is 35.3 Å². The fourth-order valence-corrected chi connectivity index (χ4v) is 5.57. The Hall–Kier alpha value is -1.84. The fourth-order valence-electron chi connectivity index (χ4n) is 5.57. The van der Waals surface area contributed by atoms with Crippen molar-refractivity contribution in [3.63, 3.8) is 0 Å². The molecule has 1 aromatic rings. The van der Waals surface area contributed by atoms with Gasteiger partial charge in [-0.1, -0.05) is 31.2 Å². The van der Waals surface area contributed by atoms with E-state index in [0.29, 0.717) is 30.1 Å². The number of carbonyl (C=O) groups excluding carboxylic acids is 2. The van der Waals surface area contributed by atoms with Gasteiger partial charge in [0.25, 0.3) is 0 Å². The Kier molecular flexibility index (Phi) is 3.28. The van der Waals surface area contributed by atoms with Gasteiger partial charge < -0.3 is 10.2 Å². The van der Waals surface area contributed by atoms with E-state index in [1.54, 1.807) is 0 Å². The first-order valence-corrected chi connectivity index (χ1v) is 9.77. The van der Waals surface area contributed by atoms with Crippen LogP contribution in [0, 0.1) is 17.8 Å². The van der Waals surface area contributed by atoms with Crippen LogP contribution in [0.25, 0.3) is 0 Å². The number of fused-ring (bicyclic) bond motifs is 1. The predicted octanol–water partition coefficient (Wildman–Crippen LogP) is 2.48. The molecule has 2 amide bonds. The molecule has 4 heteroatoms. The van der Waals surface area contributed by atoms with E-state index >= 15 is 0 Å². The molecule has 5 rings (SSSR count). The summed E-state index contributed by atoms with van der Waals surface area (Å²) in [6.07, 6.45) is 4.34. The van der Waals surface area contributed by atoms with Crippen LogP contribution in [0.1, 0.15) is 49.7 Å². The van der Waals surface area contributed by atoms with Crippen molar-refractivity contribution in [1.82, 2.24) is 10.2 Å². The number of nitrogens with zero attached hydrogens (tertiary/aromatic N) is 1. The quantitative estimate of drug-likeness (QED) is 0.920. The molecule has 1 N–H and O–H groups in total. The number of rotatable bonds is 3. The first-order chi connectivity index (χ1) is 12.1. The molecule has 0 bridgehead atoms. The van der Waals surface area contributed by atoms with Gasteiger partial charge in [0.15, 0.2) is 0 Å². The topological polar surface area (TPSA) is 49.4 Å². The zero-order valence-corrected chi connectivity index (χ0v) is 14.8. The van der Waals surface area contributed by atoms with E-state index in [0.717, 1.165) is 38.8 Å². The maximum Gasteiger partial charge on any atom is 0.225 e. The van der Waals surface area contributed by atoms with Crippen molar-refractivity contribution in [1.29, 1.82) is 0 Å². The lowest BCUT2D eigenvalue weighted by molar-refractivity contribution is -0.141. The lowest BCUT2D eigenvalue weighted by Crippen LogP contribution is -2.56. The Labute approximate surface area is 149 Å². The van der Waals surface area contributed by atoms with Gasteiger partial charge >= 0.3 is 0 Å². The molecular weight excluding hydrogens is 312 g/mol. The lowest BCUT2D eigenvalue weighted by Gasteiger charge is -2.45. The lowest BCUT2D eigenvalue weighted by atomic mass is 9.67. The summed E-state index contributed by atoms with van der Waals surface area (Å²) in [5.41, 5.74) is 2.81. The van der Waals surface area contributed by atoms with Gasteiger partial charge in [-0.25, -0.2) is 0 Å². The van der Waals surface area contributed by atoms with Gasteiger partial charge in [-0.15, -0.1) is 0 Å². The van der Waals surface area contributed by atoms with Crippen LogP contribution >= 0.6 is 0 Å². The Morgan fingerprint density at radius 2 is 1.88 bits per heavy atom. The molecule has 4 nitrogen and oxygen atoms in total. The van der Waals surface area contributed by atoms with Gasteiger partial charge in [0.2, 0.25) is 11.8 Å². The summed E-state index contributed by atoms with van der Waals surface area (Å²) in [7, 11) is 0. The zero-order chi connectivity index (χ0) is 17.2. The molecule has 0 unspecified atom stereocenters. The van der Waals surface area contributed by atoms with Crippen molar-refractivity contribution >= 4 is 11.8 Å².